The first-order chi connectivity index (χ1) is 9.17. The molecule has 0 aromatic heterocycles. The lowest BCUT2D eigenvalue weighted by atomic mass is 10.1. The minimum atomic E-state index is -0.481. The molecule has 0 unspecified atom stereocenters. The van der Waals surface area contributed by atoms with E-state index >= 15 is 0 Å². The van der Waals surface area contributed by atoms with Gasteiger partial charge in [0, 0.05) is 11.2 Å². The van der Waals surface area contributed by atoms with Gasteiger partial charge in [-0.25, -0.2) is 4.79 Å². The highest BCUT2D eigenvalue weighted by Crippen LogP contribution is 2.15. The number of amides is 3. The van der Waals surface area contributed by atoms with Crippen molar-refractivity contribution in [1.29, 1.82) is 0 Å². The Morgan fingerprint density at radius 1 is 1.15 bits per heavy atom. The lowest BCUT2D eigenvalue weighted by Crippen LogP contribution is -2.49. The van der Waals surface area contributed by atoms with Gasteiger partial charge in [0.1, 0.15) is 0 Å². The molecule has 0 saturated heterocycles. The Morgan fingerprint density at radius 3 is 2.40 bits per heavy atom. The Balaban J connectivity index is 2.48. The number of urea groups is 1. The smallest absolute Gasteiger partial charge is 0.321 e. The molecule has 0 fully saturated rings. The SMILES string of the molecule is Cc1ccc(C)c(NCC(=O)NC(=O)NC(C)(C)C)c1. The van der Waals surface area contributed by atoms with Gasteiger partial charge in [0.25, 0.3) is 0 Å². The zero-order chi connectivity index (χ0) is 15.3. The molecule has 0 atom stereocenters. The van der Waals surface area contributed by atoms with E-state index in [1.807, 2.05) is 52.8 Å². The van der Waals surface area contributed by atoms with E-state index in [0.29, 0.717) is 0 Å². The normalized spacial score (nSPS) is 10.8. The summed E-state index contributed by atoms with van der Waals surface area (Å²) in [6.07, 6.45) is 0. The van der Waals surface area contributed by atoms with Crippen molar-refractivity contribution in [1.82, 2.24) is 10.6 Å². The van der Waals surface area contributed by atoms with Crippen molar-refractivity contribution in [3.63, 3.8) is 0 Å². The van der Waals surface area contributed by atoms with E-state index < -0.39 is 6.03 Å². The van der Waals surface area contributed by atoms with Crippen LogP contribution in [0, 0.1) is 13.8 Å². The first-order valence-corrected chi connectivity index (χ1v) is 6.60. The predicted octanol–water partition coefficient (Wildman–Crippen LogP) is 2.34. The van der Waals surface area contributed by atoms with Crippen molar-refractivity contribution in [2.24, 2.45) is 0 Å². The molecule has 0 spiro atoms. The number of carbonyl (C=O) groups excluding carboxylic acids is 2. The van der Waals surface area contributed by atoms with E-state index in [9.17, 15) is 9.59 Å². The van der Waals surface area contributed by atoms with Crippen molar-refractivity contribution in [2.45, 2.75) is 40.2 Å². The van der Waals surface area contributed by atoms with E-state index in [1.54, 1.807) is 0 Å². The van der Waals surface area contributed by atoms with Crippen molar-refractivity contribution in [3.8, 4) is 0 Å². The first kappa shape index (κ1) is 16.0. The predicted molar refractivity (Wildman–Crippen MR) is 80.8 cm³/mol. The third-order valence-electron chi connectivity index (χ3n) is 2.57. The quantitative estimate of drug-likeness (QED) is 0.794. The Bertz CT molecular complexity index is 504. The standard InChI is InChI=1S/C15H23N3O2/c1-10-6-7-11(2)12(8-10)16-9-13(19)17-14(20)18-15(3,4)5/h6-8,16H,9H2,1-5H3,(H2,17,18,19,20). The maximum Gasteiger partial charge on any atom is 0.321 e. The van der Waals surface area contributed by atoms with Gasteiger partial charge in [-0.1, -0.05) is 12.1 Å². The van der Waals surface area contributed by atoms with Crippen LogP contribution in [0.4, 0.5) is 10.5 Å². The Morgan fingerprint density at radius 2 is 1.80 bits per heavy atom. The summed E-state index contributed by atoms with van der Waals surface area (Å²) in [5.41, 5.74) is 2.70. The molecule has 3 N–H and O–H groups in total. The van der Waals surface area contributed by atoms with Crippen molar-refractivity contribution < 1.29 is 9.59 Å². The number of carbonyl (C=O) groups is 2. The van der Waals surface area contributed by atoms with Gasteiger partial charge in [0.05, 0.1) is 6.54 Å². The van der Waals surface area contributed by atoms with Crippen LogP contribution in [0.25, 0.3) is 0 Å². The summed E-state index contributed by atoms with van der Waals surface area (Å²) in [7, 11) is 0. The lowest BCUT2D eigenvalue weighted by Gasteiger charge is -2.20. The van der Waals surface area contributed by atoms with Crippen LogP contribution in [0.2, 0.25) is 0 Å². The Labute approximate surface area is 120 Å². The van der Waals surface area contributed by atoms with Crippen LogP contribution in [-0.4, -0.2) is 24.0 Å². The fourth-order valence-electron chi connectivity index (χ4n) is 1.64. The lowest BCUT2D eigenvalue weighted by molar-refractivity contribution is -0.118. The summed E-state index contributed by atoms with van der Waals surface area (Å²) in [6, 6.07) is 5.49. The number of rotatable bonds is 3. The van der Waals surface area contributed by atoms with E-state index in [1.165, 1.54) is 0 Å². The summed E-state index contributed by atoms with van der Waals surface area (Å²) in [4.78, 5) is 23.2. The summed E-state index contributed by atoms with van der Waals surface area (Å²) in [5.74, 6) is -0.368. The number of aryl methyl sites for hydroxylation is 2. The molecule has 5 heteroatoms. The fourth-order valence-corrected chi connectivity index (χ4v) is 1.64. The van der Waals surface area contributed by atoms with Crippen LogP contribution in [0.1, 0.15) is 31.9 Å². The van der Waals surface area contributed by atoms with Crippen LogP contribution in [-0.2, 0) is 4.79 Å². The molecule has 0 saturated carbocycles. The highest BCUT2D eigenvalue weighted by Gasteiger charge is 2.15. The van der Waals surface area contributed by atoms with Crippen molar-refractivity contribution in [2.75, 3.05) is 11.9 Å². The first-order valence-electron chi connectivity index (χ1n) is 6.60. The molecule has 110 valence electrons. The third kappa shape index (κ3) is 5.73. The summed E-state index contributed by atoms with van der Waals surface area (Å²) in [6.45, 7) is 9.57. The monoisotopic (exact) mass is 277 g/mol. The van der Waals surface area contributed by atoms with Crippen LogP contribution in [0.3, 0.4) is 0 Å². The van der Waals surface area contributed by atoms with Crippen molar-refractivity contribution >= 4 is 17.6 Å². The van der Waals surface area contributed by atoms with E-state index in [-0.39, 0.29) is 18.0 Å². The van der Waals surface area contributed by atoms with Crippen LogP contribution in [0.15, 0.2) is 18.2 Å². The third-order valence-corrected chi connectivity index (χ3v) is 2.57. The van der Waals surface area contributed by atoms with Crippen LogP contribution >= 0.6 is 0 Å². The summed E-state index contributed by atoms with van der Waals surface area (Å²) >= 11 is 0. The molecule has 0 bridgehead atoms. The summed E-state index contributed by atoms with van der Waals surface area (Å²) in [5, 5.41) is 7.99. The van der Waals surface area contributed by atoms with Crippen molar-refractivity contribution in [3.05, 3.63) is 29.3 Å². The number of nitrogens with one attached hydrogen (secondary N) is 3. The van der Waals surface area contributed by atoms with Gasteiger partial charge in [-0.15, -0.1) is 0 Å². The maximum atomic E-state index is 11.7. The Hall–Kier alpha value is -2.04. The summed E-state index contributed by atoms with van der Waals surface area (Å²) < 4.78 is 0. The van der Waals surface area contributed by atoms with E-state index in [2.05, 4.69) is 16.0 Å². The number of hydrogen-bond acceptors (Lipinski definition) is 3. The number of imide groups is 1. The van der Waals surface area contributed by atoms with Gasteiger partial charge in [0.15, 0.2) is 0 Å². The van der Waals surface area contributed by atoms with Crippen LogP contribution in [0.5, 0.6) is 0 Å². The molecule has 1 aromatic rings. The average molecular weight is 277 g/mol. The fraction of sp³-hybridized carbons (Fsp3) is 0.467. The Kier molecular flexibility index (Phi) is 5.13. The van der Waals surface area contributed by atoms with Gasteiger partial charge in [-0.05, 0) is 51.8 Å². The van der Waals surface area contributed by atoms with Gasteiger partial charge in [0.2, 0.25) is 5.91 Å². The van der Waals surface area contributed by atoms with Gasteiger partial charge >= 0.3 is 6.03 Å². The molecule has 0 heterocycles. The minimum absolute atomic E-state index is 0.0574. The topological polar surface area (TPSA) is 70.2 Å². The molecule has 3 amide bonds. The second kappa shape index (κ2) is 6.41. The zero-order valence-corrected chi connectivity index (χ0v) is 12.8. The molecule has 20 heavy (non-hydrogen) atoms. The minimum Gasteiger partial charge on any atom is -0.376 e. The van der Waals surface area contributed by atoms with E-state index in [0.717, 1.165) is 16.8 Å². The van der Waals surface area contributed by atoms with Gasteiger partial charge < -0.3 is 10.6 Å². The number of benzene rings is 1. The molecule has 0 aliphatic heterocycles. The average Bonchev–Trinajstić information content (AvgIpc) is 2.27. The van der Waals surface area contributed by atoms with Gasteiger partial charge in [-0.3, -0.25) is 10.1 Å². The molecule has 0 aliphatic rings. The highest BCUT2D eigenvalue weighted by molar-refractivity contribution is 5.96. The van der Waals surface area contributed by atoms with Gasteiger partial charge in [-0.2, -0.15) is 0 Å². The zero-order valence-electron chi connectivity index (χ0n) is 12.8. The number of hydrogen-bond donors (Lipinski definition) is 3. The van der Waals surface area contributed by atoms with E-state index in [4.69, 9.17) is 0 Å². The molecule has 1 rings (SSSR count). The largest absolute Gasteiger partial charge is 0.376 e. The molecule has 5 nitrogen and oxygen atoms in total. The second-order valence-electron chi connectivity index (χ2n) is 5.92. The highest BCUT2D eigenvalue weighted by atomic mass is 16.2. The molecular weight excluding hydrogens is 254 g/mol. The van der Waals surface area contributed by atoms with Crippen LogP contribution < -0.4 is 16.0 Å². The maximum absolute atomic E-state index is 11.7. The molecule has 0 aliphatic carbocycles. The number of anilines is 1. The molecule has 0 radical (unpaired) electrons. The second-order valence-corrected chi connectivity index (χ2v) is 5.92. The molecular formula is C15H23N3O2. The molecule has 1 aromatic carbocycles.